The van der Waals surface area contributed by atoms with Gasteiger partial charge in [0.05, 0.1) is 6.33 Å². The molecule has 3 rings (SSSR count). The number of hydrogen-bond acceptors (Lipinski definition) is 0. The van der Waals surface area contributed by atoms with E-state index in [2.05, 4.69) is 47.6 Å². The summed E-state index contributed by atoms with van der Waals surface area (Å²) in [4.78, 5) is 0. The Bertz CT molecular complexity index is 782. The Balaban J connectivity index is 1.47. The van der Waals surface area contributed by atoms with Gasteiger partial charge in [0.25, 0.3) is 0 Å². The molecule has 32 heavy (non-hydrogen) atoms. The van der Waals surface area contributed by atoms with Gasteiger partial charge in [-0.2, -0.15) is 0 Å². The van der Waals surface area contributed by atoms with E-state index in [1.54, 1.807) is 17.2 Å². The first-order valence-electron chi connectivity index (χ1n) is 13.3. The van der Waals surface area contributed by atoms with Crippen molar-refractivity contribution in [2.24, 2.45) is 23.7 Å². The molecule has 0 saturated heterocycles. The molecule has 0 heterocycles. The van der Waals surface area contributed by atoms with Crippen molar-refractivity contribution >= 4 is 0 Å². The van der Waals surface area contributed by atoms with E-state index >= 15 is 0 Å². The molecule has 0 bridgehead atoms. The van der Waals surface area contributed by atoms with Gasteiger partial charge in [0.15, 0.2) is 0 Å². The van der Waals surface area contributed by atoms with Gasteiger partial charge in [0.2, 0.25) is 0 Å². The molecule has 178 valence electrons. The summed E-state index contributed by atoms with van der Waals surface area (Å²) in [6.45, 7) is 13.9. The van der Waals surface area contributed by atoms with Crippen LogP contribution in [0.5, 0.6) is 0 Å². The molecule has 0 amide bonds. The Labute approximate surface area is 197 Å². The Kier molecular flexibility index (Phi) is 9.21. The van der Waals surface area contributed by atoms with E-state index in [-0.39, 0.29) is 0 Å². The molecule has 2 aliphatic carbocycles. The van der Waals surface area contributed by atoms with Crippen LogP contribution in [0.4, 0.5) is 4.39 Å². The van der Waals surface area contributed by atoms with Crippen LogP contribution in [0.25, 0.3) is 0 Å². The number of hydrogen-bond donors (Lipinski definition) is 0. The second-order valence-corrected chi connectivity index (χ2v) is 11.1. The minimum absolute atomic E-state index is 0.704. The summed E-state index contributed by atoms with van der Waals surface area (Å²) in [5, 5.41) is 0. The van der Waals surface area contributed by atoms with Crippen LogP contribution in [0.15, 0.2) is 24.1 Å². The van der Waals surface area contributed by atoms with Gasteiger partial charge in [-0.05, 0) is 169 Å². The lowest BCUT2D eigenvalue weighted by molar-refractivity contribution is 0.286. The van der Waals surface area contributed by atoms with Gasteiger partial charge < -0.3 is 0 Å². The molecule has 0 radical (unpaired) electrons. The predicted molar refractivity (Wildman–Crippen MR) is 138 cm³/mol. The summed E-state index contributed by atoms with van der Waals surface area (Å²) in [7, 11) is 0. The third-order valence-electron chi connectivity index (χ3n) is 9.40. The fourth-order valence-corrected chi connectivity index (χ4v) is 6.55. The van der Waals surface area contributed by atoms with Crippen molar-refractivity contribution < 1.29 is 4.39 Å². The number of benzene rings is 1. The molecule has 0 aliphatic heterocycles. The number of allylic oxidation sites excluding steroid dienone is 3. The van der Waals surface area contributed by atoms with Crippen molar-refractivity contribution in [2.45, 2.75) is 112 Å². The molecule has 1 aromatic carbocycles. The van der Waals surface area contributed by atoms with Crippen molar-refractivity contribution in [2.75, 3.05) is 0 Å². The van der Waals surface area contributed by atoms with E-state index in [4.69, 9.17) is 0 Å². The second-order valence-electron chi connectivity index (χ2n) is 11.1. The lowest BCUT2D eigenvalue weighted by Crippen LogP contribution is -2.17. The Morgan fingerprint density at radius 2 is 1.28 bits per heavy atom. The van der Waals surface area contributed by atoms with Crippen LogP contribution in [0.3, 0.4) is 0 Å². The zero-order valence-corrected chi connectivity index (χ0v) is 21.7. The van der Waals surface area contributed by atoms with Gasteiger partial charge in [-0.25, -0.2) is 4.39 Å². The van der Waals surface area contributed by atoms with E-state index in [1.165, 1.54) is 92.0 Å². The normalized spacial score (nSPS) is 27.3. The van der Waals surface area contributed by atoms with Gasteiger partial charge in [-0.15, -0.1) is 0 Å². The van der Waals surface area contributed by atoms with Crippen LogP contribution in [0.2, 0.25) is 0 Å². The summed E-state index contributed by atoms with van der Waals surface area (Å²) in [5.74, 6) is 3.18. The highest BCUT2D eigenvalue weighted by molar-refractivity contribution is 5.49. The molecule has 0 aromatic heterocycles. The molecular weight excluding hydrogens is 391 g/mol. The summed E-state index contributed by atoms with van der Waals surface area (Å²) in [6.07, 6.45) is 19.3. The molecule has 2 fully saturated rings. The molecule has 2 aliphatic rings. The minimum atomic E-state index is 0.704. The smallest absolute Gasteiger partial charge is 0.0827 e. The maximum Gasteiger partial charge on any atom is 0.0827 e. The largest absolute Gasteiger partial charge is 0.216 e. The lowest BCUT2D eigenvalue weighted by atomic mass is 9.75. The topological polar surface area (TPSA) is 0 Å². The highest BCUT2D eigenvalue weighted by atomic mass is 19.1. The Hall–Kier alpha value is -1.37. The molecule has 0 N–H and O–H groups in total. The van der Waals surface area contributed by atoms with Crippen LogP contribution in [0.1, 0.15) is 105 Å². The second kappa shape index (κ2) is 11.7. The van der Waals surface area contributed by atoms with Crippen molar-refractivity contribution in [3.05, 3.63) is 57.4 Å². The molecule has 0 nitrogen and oxygen atoms in total. The van der Waals surface area contributed by atoms with E-state index in [0.29, 0.717) is 5.92 Å². The molecule has 1 aromatic rings. The molecule has 0 atom stereocenters. The van der Waals surface area contributed by atoms with Gasteiger partial charge >= 0.3 is 0 Å². The maximum absolute atomic E-state index is 12.3. The van der Waals surface area contributed by atoms with E-state index in [1.807, 2.05) is 0 Å². The van der Waals surface area contributed by atoms with Crippen LogP contribution >= 0.6 is 0 Å². The van der Waals surface area contributed by atoms with Gasteiger partial charge in [-0.3, -0.25) is 0 Å². The quantitative estimate of drug-likeness (QED) is 0.372. The van der Waals surface area contributed by atoms with Gasteiger partial charge in [0.1, 0.15) is 0 Å². The van der Waals surface area contributed by atoms with Crippen LogP contribution in [-0.2, 0) is 6.42 Å². The van der Waals surface area contributed by atoms with Crippen LogP contribution in [-0.4, -0.2) is 0 Å². The molecular formula is C31H47F. The fourth-order valence-electron chi connectivity index (χ4n) is 6.55. The monoisotopic (exact) mass is 438 g/mol. The average molecular weight is 439 g/mol. The minimum Gasteiger partial charge on any atom is -0.216 e. The summed E-state index contributed by atoms with van der Waals surface area (Å²) in [5.41, 5.74) is 10.8. The molecule has 0 unspecified atom stereocenters. The summed E-state index contributed by atoms with van der Waals surface area (Å²) >= 11 is 0. The summed E-state index contributed by atoms with van der Waals surface area (Å²) < 4.78 is 12.3. The first kappa shape index (κ1) is 25.3. The van der Waals surface area contributed by atoms with Crippen molar-refractivity contribution in [3.63, 3.8) is 0 Å². The van der Waals surface area contributed by atoms with Crippen molar-refractivity contribution in [1.82, 2.24) is 0 Å². The van der Waals surface area contributed by atoms with Gasteiger partial charge in [-0.1, -0.05) is 17.7 Å². The fraction of sp³-hybridized carbons (Fsp3) is 0.677. The summed E-state index contributed by atoms with van der Waals surface area (Å²) in [6, 6.07) is 0. The molecule has 2 saturated carbocycles. The maximum atomic E-state index is 12.3. The van der Waals surface area contributed by atoms with E-state index < -0.39 is 0 Å². The Morgan fingerprint density at radius 1 is 0.750 bits per heavy atom. The Morgan fingerprint density at radius 3 is 1.84 bits per heavy atom. The van der Waals surface area contributed by atoms with Gasteiger partial charge in [0, 0.05) is 0 Å². The molecule has 0 spiro atoms. The molecule has 1 heteroatoms. The predicted octanol–water partition coefficient (Wildman–Crippen LogP) is 9.59. The van der Waals surface area contributed by atoms with E-state index in [0.717, 1.165) is 30.5 Å². The highest BCUT2D eigenvalue weighted by Crippen LogP contribution is 2.38. The highest BCUT2D eigenvalue weighted by Gasteiger charge is 2.24. The zero-order valence-electron chi connectivity index (χ0n) is 21.7. The lowest BCUT2D eigenvalue weighted by Gasteiger charge is -2.31. The third-order valence-corrected chi connectivity index (χ3v) is 9.40. The van der Waals surface area contributed by atoms with Crippen molar-refractivity contribution in [1.29, 1.82) is 0 Å². The number of rotatable bonds is 7. The van der Waals surface area contributed by atoms with Crippen molar-refractivity contribution in [3.8, 4) is 0 Å². The zero-order chi connectivity index (χ0) is 23.3. The van der Waals surface area contributed by atoms with E-state index in [9.17, 15) is 4.39 Å². The van der Waals surface area contributed by atoms with Crippen LogP contribution in [0, 0.1) is 58.3 Å². The number of halogens is 1. The average Bonchev–Trinajstić information content (AvgIpc) is 2.81. The standard InChI is InChI=1S/C31H47F/c1-21(30-16-13-27(14-17-30)8-7-19-32)20-29-11-9-28(10-12-29)15-18-31-25(5)23(3)22(2)24(4)26(31)6/h7,19-20,27-30H,8-18H2,1-6H3/b19-7+,21-20+. The first-order valence-corrected chi connectivity index (χ1v) is 13.3. The SMILES string of the molecule is C/C(=C\C1CCC(CCc2c(C)c(C)c(C)c(C)c2C)CC1)C1CCC(C/C=C/F)CC1. The first-order chi connectivity index (χ1) is 15.3. The third kappa shape index (κ3) is 6.15. The van der Waals surface area contributed by atoms with Crippen LogP contribution < -0.4 is 0 Å².